The Morgan fingerprint density at radius 2 is 1.70 bits per heavy atom. The zero-order valence-electron chi connectivity index (χ0n) is 13.1. The number of nitrogens with one attached hydrogen (secondary N) is 1. The summed E-state index contributed by atoms with van der Waals surface area (Å²) in [5, 5.41) is 13.9. The van der Waals surface area contributed by atoms with E-state index in [2.05, 4.69) is 5.32 Å². The largest absolute Gasteiger partial charge is 0.388 e. The van der Waals surface area contributed by atoms with Gasteiger partial charge in [0, 0.05) is 23.9 Å². The van der Waals surface area contributed by atoms with Gasteiger partial charge in [0.25, 0.3) is 0 Å². The van der Waals surface area contributed by atoms with E-state index in [1.54, 1.807) is 24.3 Å². The van der Waals surface area contributed by atoms with E-state index in [0.29, 0.717) is 11.4 Å². The number of benzene rings is 2. The van der Waals surface area contributed by atoms with Gasteiger partial charge in [-0.05, 0) is 42.7 Å². The standard InChI is InChI=1S/C18H21NO3S/c1-23(21,22)16-9-7-15(8-10-16)19-13-18(11-12-18)17(20)14-5-3-2-4-6-14/h2-10,17,19-20H,11-13H2,1H3. The first-order chi connectivity index (χ1) is 10.9. The number of hydrogen-bond acceptors (Lipinski definition) is 4. The van der Waals surface area contributed by atoms with Crippen LogP contribution >= 0.6 is 0 Å². The minimum Gasteiger partial charge on any atom is -0.388 e. The molecule has 2 N–H and O–H groups in total. The molecule has 0 aliphatic heterocycles. The molecule has 1 aliphatic rings. The fourth-order valence-corrected chi connectivity index (χ4v) is 3.42. The Bertz CT molecular complexity index is 766. The van der Waals surface area contributed by atoms with Crippen LogP contribution in [0.3, 0.4) is 0 Å². The van der Waals surface area contributed by atoms with Crippen molar-refractivity contribution in [1.29, 1.82) is 0 Å². The minimum absolute atomic E-state index is 0.128. The smallest absolute Gasteiger partial charge is 0.175 e. The molecule has 0 bridgehead atoms. The Balaban J connectivity index is 1.66. The zero-order valence-corrected chi connectivity index (χ0v) is 13.9. The normalized spacial score (nSPS) is 17.5. The molecule has 0 amide bonds. The van der Waals surface area contributed by atoms with Crippen molar-refractivity contribution in [3.05, 3.63) is 60.2 Å². The Hall–Kier alpha value is -1.85. The Morgan fingerprint density at radius 1 is 1.09 bits per heavy atom. The number of rotatable bonds is 6. The molecule has 1 saturated carbocycles. The molecular weight excluding hydrogens is 310 g/mol. The van der Waals surface area contributed by atoms with Gasteiger partial charge >= 0.3 is 0 Å². The van der Waals surface area contributed by atoms with Crippen molar-refractivity contribution in [3.63, 3.8) is 0 Å². The van der Waals surface area contributed by atoms with Crippen molar-refractivity contribution in [2.45, 2.75) is 23.8 Å². The number of aliphatic hydroxyl groups excluding tert-OH is 1. The lowest BCUT2D eigenvalue weighted by molar-refractivity contribution is 0.1000. The summed E-state index contributed by atoms with van der Waals surface area (Å²) in [5.41, 5.74) is 1.68. The molecule has 3 rings (SSSR count). The van der Waals surface area contributed by atoms with Gasteiger partial charge in [-0.2, -0.15) is 0 Å². The van der Waals surface area contributed by atoms with Gasteiger partial charge in [-0.15, -0.1) is 0 Å². The summed E-state index contributed by atoms with van der Waals surface area (Å²) in [6, 6.07) is 16.4. The molecule has 1 aliphatic carbocycles. The predicted octanol–water partition coefficient (Wildman–Crippen LogP) is 3.02. The van der Waals surface area contributed by atoms with E-state index in [9.17, 15) is 13.5 Å². The highest BCUT2D eigenvalue weighted by Gasteiger charge is 2.49. The number of anilines is 1. The summed E-state index contributed by atoms with van der Waals surface area (Å²) in [4.78, 5) is 0.313. The topological polar surface area (TPSA) is 66.4 Å². The third kappa shape index (κ3) is 3.57. The van der Waals surface area contributed by atoms with Crippen LogP contribution in [0, 0.1) is 5.41 Å². The highest BCUT2D eigenvalue weighted by Crippen LogP contribution is 2.54. The summed E-state index contributed by atoms with van der Waals surface area (Å²) in [5.74, 6) is 0. The van der Waals surface area contributed by atoms with Crippen LogP contribution in [0.1, 0.15) is 24.5 Å². The van der Waals surface area contributed by atoms with Gasteiger partial charge in [-0.1, -0.05) is 30.3 Å². The molecule has 122 valence electrons. The highest BCUT2D eigenvalue weighted by atomic mass is 32.2. The molecule has 1 unspecified atom stereocenters. The lowest BCUT2D eigenvalue weighted by atomic mass is 9.92. The van der Waals surface area contributed by atoms with Crippen molar-refractivity contribution < 1.29 is 13.5 Å². The van der Waals surface area contributed by atoms with Crippen LogP contribution in [-0.2, 0) is 9.84 Å². The van der Waals surface area contributed by atoms with Crippen LogP contribution in [0.5, 0.6) is 0 Å². The predicted molar refractivity (Wildman–Crippen MR) is 91.1 cm³/mol. The van der Waals surface area contributed by atoms with Gasteiger partial charge in [-0.25, -0.2) is 8.42 Å². The summed E-state index contributed by atoms with van der Waals surface area (Å²) in [7, 11) is -3.17. The van der Waals surface area contributed by atoms with Crippen LogP contribution in [0.2, 0.25) is 0 Å². The SMILES string of the molecule is CS(=O)(=O)c1ccc(NCC2(C(O)c3ccccc3)CC2)cc1. The molecule has 5 heteroatoms. The molecule has 0 aromatic heterocycles. The minimum atomic E-state index is -3.17. The maximum atomic E-state index is 11.5. The average molecular weight is 331 g/mol. The van der Waals surface area contributed by atoms with Crippen LogP contribution in [0.25, 0.3) is 0 Å². The maximum absolute atomic E-state index is 11.5. The third-order valence-corrected chi connectivity index (χ3v) is 5.64. The molecule has 1 fully saturated rings. The van der Waals surface area contributed by atoms with E-state index in [1.165, 1.54) is 6.26 Å². The van der Waals surface area contributed by atoms with Crippen molar-refractivity contribution >= 4 is 15.5 Å². The van der Waals surface area contributed by atoms with E-state index in [4.69, 9.17) is 0 Å². The molecule has 2 aromatic rings. The van der Waals surface area contributed by atoms with Crippen molar-refractivity contribution in [2.24, 2.45) is 5.41 Å². The molecule has 0 spiro atoms. The van der Waals surface area contributed by atoms with Crippen LogP contribution < -0.4 is 5.32 Å². The maximum Gasteiger partial charge on any atom is 0.175 e. The van der Waals surface area contributed by atoms with E-state index < -0.39 is 15.9 Å². The van der Waals surface area contributed by atoms with Crippen molar-refractivity contribution in [2.75, 3.05) is 18.1 Å². The number of aliphatic hydroxyl groups is 1. The fourth-order valence-electron chi connectivity index (χ4n) is 2.79. The quantitative estimate of drug-likeness (QED) is 0.854. The molecule has 0 heterocycles. The number of sulfone groups is 1. The van der Waals surface area contributed by atoms with E-state index in [1.807, 2.05) is 30.3 Å². The molecule has 1 atom stereocenters. The third-order valence-electron chi connectivity index (χ3n) is 4.51. The summed E-state index contributed by atoms with van der Waals surface area (Å²) >= 11 is 0. The lowest BCUT2D eigenvalue weighted by Crippen LogP contribution is -2.23. The van der Waals surface area contributed by atoms with Gasteiger partial charge in [0.05, 0.1) is 11.0 Å². The first-order valence-corrected chi connectivity index (χ1v) is 9.57. The summed E-state index contributed by atoms with van der Waals surface area (Å²) in [6.07, 6.45) is 2.69. The lowest BCUT2D eigenvalue weighted by Gasteiger charge is -2.23. The second-order valence-corrected chi connectivity index (χ2v) is 8.34. The Morgan fingerprint density at radius 3 is 2.22 bits per heavy atom. The summed E-state index contributed by atoms with van der Waals surface area (Å²) < 4.78 is 22.9. The van der Waals surface area contributed by atoms with Gasteiger partial charge in [0.1, 0.15) is 0 Å². The van der Waals surface area contributed by atoms with Gasteiger partial charge in [0.15, 0.2) is 9.84 Å². The Labute approximate surface area is 137 Å². The van der Waals surface area contributed by atoms with Gasteiger partial charge < -0.3 is 10.4 Å². The van der Waals surface area contributed by atoms with Crippen molar-refractivity contribution in [1.82, 2.24) is 0 Å². The second kappa shape index (κ2) is 5.98. The van der Waals surface area contributed by atoms with E-state index >= 15 is 0 Å². The zero-order chi connectivity index (χ0) is 16.5. The molecule has 2 aromatic carbocycles. The second-order valence-electron chi connectivity index (χ2n) is 6.33. The van der Waals surface area contributed by atoms with Crippen LogP contribution in [-0.4, -0.2) is 26.3 Å². The molecule has 0 saturated heterocycles. The first kappa shape index (κ1) is 16.0. The van der Waals surface area contributed by atoms with Gasteiger partial charge in [-0.3, -0.25) is 0 Å². The van der Waals surface area contributed by atoms with Crippen LogP contribution in [0.4, 0.5) is 5.69 Å². The average Bonchev–Trinajstić information content (AvgIpc) is 3.34. The number of hydrogen-bond donors (Lipinski definition) is 2. The fraction of sp³-hybridized carbons (Fsp3) is 0.333. The molecule has 0 radical (unpaired) electrons. The van der Waals surface area contributed by atoms with Crippen LogP contribution in [0.15, 0.2) is 59.5 Å². The van der Waals surface area contributed by atoms with Crippen molar-refractivity contribution in [3.8, 4) is 0 Å². The molecule has 4 nitrogen and oxygen atoms in total. The van der Waals surface area contributed by atoms with E-state index in [-0.39, 0.29) is 5.41 Å². The van der Waals surface area contributed by atoms with E-state index in [0.717, 1.165) is 24.1 Å². The monoisotopic (exact) mass is 331 g/mol. The summed E-state index contributed by atoms with van der Waals surface area (Å²) in [6.45, 7) is 0.668. The highest BCUT2D eigenvalue weighted by molar-refractivity contribution is 7.90. The first-order valence-electron chi connectivity index (χ1n) is 7.68. The molecule has 23 heavy (non-hydrogen) atoms. The molecular formula is C18H21NO3S. The van der Waals surface area contributed by atoms with Gasteiger partial charge in [0.2, 0.25) is 0 Å². The Kier molecular flexibility index (Phi) is 4.17.